The number of halogens is 1. The SMILES string of the molecule is CSC(C)NCC(F)COCCOCCOC(C)(C)C. The highest BCUT2D eigenvalue weighted by atomic mass is 32.2. The molecular formula is C14H30FNO3S. The van der Waals surface area contributed by atoms with Crippen LogP contribution in [0.15, 0.2) is 0 Å². The predicted molar refractivity (Wildman–Crippen MR) is 83.2 cm³/mol. The molecule has 0 saturated carbocycles. The van der Waals surface area contributed by atoms with Crippen LogP contribution in [0, 0.1) is 0 Å². The Balaban J connectivity index is 3.27. The van der Waals surface area contributed by atoms with Crippen molar-refractivity contribution in [1.82, 2.24) is 5.32 Å². The quantitative estimate of drug-likeness (QED) is 0.443. The number of hydrogen-bond acceptors (Lipinski definition) is 5. The van der Waals surface area contributed by atoms with Crippen molar-refractivity contribution in [2.45, 2.75) is 44.8 Å². The van der Waals surface area contributed by atoms with Gasteiger partial charge in [-0.05, 0) is 34.0 Å². The third-order valence-corrected chi connectivity index (χ3v) is 3.29. The lowest BCUT2D eigenvalue weighted by Crippen LogP contribution is -2.32. The van der Waals surface area contributed by atoms with Crippen LogP contribution in [0.25, 0.3) is 0 Å². The molecule has 2 unspecified atom stereocenters. The molecule has 20 heavy (non-hydrogen) atoms. The maximum Gasteiger partial charge on any atom is 0.136 e. The Bertz CT molecular complexity index is 227. The summed E-state index contributed by atoms with van der Waals surface area (Å²) in [5.74, 6) is 0. The lowest BCUT2D eigenvalue weighted by atomic mass is 10.2. The van der Waals surface area contributed by atoms with Crippen LogP contribution >= 0.6 is 11.8 Å². The van der Waals surface area contributed by atoms with Crippen molar-refractivity contribution in [3.05, 3.63) is 0 Å². The van der Waals surface area contributed by atoms with Gasteiger partial charge in [-0.2, -0.15) is 0 Å². The molecule has 122 valence electrons. The zero-order valence-electron chi connectivity index (χ0n) is 13.4. The molecule has 0 heterocycles. The summed E-state index contributed by atoms with van der Waals surface area (Å²) in [5, 5.41) is 3.34. The van der Waals surface area contributed by atoms with E-state index in [-0.39, 0.29) is 17.6 Å². The summed E-state index contributed by atoms with van der Waals surface area (Å²) in [7, 11) is 0. The highest BCUT2D eigenvalue weighted by molar-refractivity contribution is 7.99. The standard InChI is InChI=1S/C14H30FNO3S/c1-12(20-5)16-10-13(15)11-18-7-6-17-8-9-19-14(2,3)4/h12-13,16H,6-11H2,1-5H3. The second-order valence-corrected chi connectivity index (χ2v) is 6.71. The van der Waals surface area contributed by atoms with Crippen LogP contribution in [-0.4, -0.2) is 63.0 Å². The van der Waals surface area contributed by atoms with E-state index in [0.717, 1.165) is 0 Å². The van der Waals surface area contributed by atoms with Crippen LogP contribution in [0.3, 0.4) is 0 Å². The Morgan fingerprint density at radius 3 is 2.30 bits per heavy atom. The molecular weight excluding hydrogens is 281 g/mol. The van der Waals surface area contributed by atoms with Gasteiger partial charge in [0.25, 0.3) is 0 Å². The van der Waals surface area contributed by atoms with Gasteiger partial charge in [-0.25, -0.2) is 4.39 Å². The summed E-state index contributed by atoms with van der Waals surface area (Å²) >= 11 is 1.66. The number of ether oxygens (including phenoxy) is 3. The molecule has 0 bridgehead atoms. The molecule has 0 aliphatic heterocycles. The lowest BCUT2D eigenvalue weighted by molar-refractivity contribution is -0.0444. The van der Waals surface area contributed by atoms with E-state index in [0.29, 0.717) is 33.0 Å². The van der Waals surface area contributed by atoms with Crippen LogP contribution in [0.4, 0.5) is 4.39 Å². The van der Waals surface area contributed by atoms with Gasteiger partial charge in [0.1, 0.15) is 6.17 Å². The molecule has 0 spiro atoms. The molecule has 6 heteroatoms. The van der Waals surface area contributed by atoms with Gasteiger partial charge >= 0.3 is 0 Å². The fourth-order valence-electron chi connectivity index (χ4n) is 1.27. The first kappa shape index (κ1) is 20.1. The third-order valence-electron chi connectivity index (χ3n) is 2.41. The minimum atomic E-state index is -0.978. The van der Waals surface area contributed by atoms with Crippen molar-refractivity contribution in [1.29, 1.82) is 0 Å². The average Bonchev–Trinajstić information content (AvgIpc) is 2.37. The average molecular weight is 311 g/mol. The summed E-state index contributed by atoms with van der Waals surface area (Å²) in [5.41, 5.74) is -0.137. The van der Waals surface area contributed by atoms with E-state index in [1.807, 2.05) is 34.0 Å². The molecule has 4 nitrogen and oxygen atoms in total. The number of rotatable bonds is 12. The van der Waals surface area contributed by atoms with Gasteiger partial charge in [-0.1, -0.05) is 0 Å². The van der Waals surface area contributed by atoms with Gasteiger partial charge in [0, 0.05) is 6.54 Å². The monoisotopic (exact) mass is 311 g/mol. The molecule has 0 saturated heterocycles. The highest BCUT2D eigenvalue weighted by Gasteiger charge is 2.09. The largest absolute Gasteiger partial charge is 0.377 e. The second-order valence-electron chi connectivity index (χ2n) is 5.53. The normalized spacial score (nSPS) is 15.3. The zero-order valence-corrected chi connectivity index (χ0v) is 14.2. The second kappa shape index (κ2) is 11.7. The number of hydrogen-bond donors (Lipinski definition) is 1. The maximum atomic E-state index is 13.4. The lowest BCUT2D eigenvalue weighted by Gasteiger charge is -2.19. The van der Waals surface area contributed by atoms with Gasteiger partial charge in [-0.15, -0.1) is 11.8 Å². The minimum Gasteiger partial charge on any atom is -0.377 e. The number of alkyl halides is 1. The Morgan fingerprint density at radius 1 is 1.10 bits per heavy atom. The van der Waals surface area contributed by atoms with Crippen molar-refractivity contribution >= 4 is 11.8 Å². The highest BCUT2D eigenvalue weighted by Crippen LogP contribution is 2.05. The van der Waals surface area contributed by atoms with Crippen LogP contribution in [0.5, 0.6) is 0 Å². The van der Waals surface area contributed by atoms with Gasteiger partial charge < -0.3 is 19.5 Å². The minimum absolute atomic E-state index is 0.107. The molecule has 0 aromatic heterocycles. The first-order valence-electron chi connectivity index (χ1n) is 7.05. The van der Waals surface area contributed by atoms with Crippen LogP contribution in [0.2, 0.25) is 0 Å². The van der Waals surface area contributed by atoms with Crippen LogP contribution in [-0.2, 0) is 14.2 Å². The van der Waals surface area contributed by atoms with Crippen LogP contribution < -0.4 is 5.32 Å². The topological polar surface area (TPSA) is 39.7 Å². The molecule has 1 N–H and O–H groups in total. The summed E-state index contributed by atoms with van der Waals surface area (Å²) in [6.45, 7) is 10.4. The first-order chi connectivity index (χ1) is 9.35. The molecule has 0 amide bonds. The van der Waals surface area contributed by atoms with Crippen molar-refractivity contribution in [3.8, 4) is 0 Å². The third kappa shape index (κ3) is 14.5. The molecule has 2 atom stereocenters. The summed E-state index contributed by atoms with van der Waals surface area (Å²) in [6, 6.07) is 0. The van der Waals surface area contributed by atoms with E-state index in [1.165, 1.54) is 0 Å². The van der Waals surface area contributed by atoms with Gasteiger partial charge in [0.05, 0.1) is 44.0 Å². The predicted octanol–water partition coefficient (Wildman–Crippen LogP) is 2.47. The molecule has 0 aliphatic carbocycles. The Hall–Kier alpha value is 0.120. The van der Waals surface area contributed by atoms with Gasteiger partial charge in [0.2, 0.25) is 0 Å². The fraction of sp³-hybridized carbons (Fsp3) is 1.00. The van der Waals surface area contributed by atoms with Crippen molar-refractivity contribution in [2.24, 2.45) is 0 Å². The number of thioether (sulfide) groups is 1. The van der Waals surface area contributed by atoms with E-state index in [2.05, 4.69) is 5.32 Å². The van der Waals surface area contributed by atoms with E-state index in [4.69, 9.17) is 14.2 Å². The van der Waals surface area contributed by atoms with Gasteiger partial charge in [-0.3, -0.25) is 0 Å². The molecule has 0 aromatic rings. The summed E-state index contributed by atoms with van der Waals surface area (Å²) in [4.78, 5) is 0. The van der Waals surface area contributed by atoms with Crippen molar-refractivity contribution < 1.29 is 18.6 Å². The molecule has 0 rings (SSSR count). The van der Waals surface area contributed by atoms with Gasteiger partial charge in [0.15, 0.2) is 0 Å². The summed E-state index contributed by atoms with van der Waals surface area (Å²) < 4.78 is 29.5. The van der Waals surface area contributed by atoms with E-state index in [9.17, 15) is 4.39 Å². The maximum absolute atomic E-state index is 13.4. The first-order valence-corrected chi connectivity index (χ1v) is 8.33. The Labute approximate surface area is 127 Å². The fourth-order valence-corrected chi connectivity index (χ4v) is 1.54. The van der Waals surface area contributed by atoms with E-state index in [1.54, 1.807) is 11.8 Å². The molecule has 0 aromatic carbocycles. The molecule has 0 fully saturated rings. The zero-order chi connectivity index (χ0) is 15.4. The smallest absolute Gasteiger partial charge is 0.136 e. The Morgan fingerprint density at radius 2 is 1.70 bits per heavy atom. The van der Waals surface area contributed by atoms with Crippen molar-refractivity contribution in [3.63, 3.8) is 0 Å². The molecule has 0 aliphatic rings. The van der Waals surface area contributed by atoms with E-state index < -0.39 is 6.17 Å². The van der Waals surface area contributed by atoms with Crippen LogP contribution in [0.1, 0.15) is 27.7 Å². The molecule has 0 radical (unpaired) electrons. The van der Waals surface area contributed by atoms with E-state index >= 15 is 0 Å². The number of nitrogens with one attached hydrogen (secondary N) is 1. The Kier molecular flexibility index (Phi) is 11.8. The summed E-state index contributed by atoms with van der Waals surface area (Å²) in [6.07, 6.45) is 1.01. The van der Waals surface area contributed by atoms with Crippen molar-refractivity contribution in [2.75, 3.05) is 45.8 Å².